The number of hydrogen-bond acceptors (Lipinski definition) is 8. The number of nitrogens with zero attached hydrogens (tertiary/aromatic N) is 4. The number of carbonyl (C=O) groups excluding carboxylic acids is 2. The van der Waals surface area contributed by atoms with Gasteiger partial charge in [-0.05, 0) is 50.6 Å². The molecule has 2 aliphatic rings. The molecule has 0 N–H and O–H groups in total. The Bertz CT molecular complexity index is 845. The lowest BCUT2D eigenvalue weighted by Crippen LogP contribution is -2.47. The number of amides is 1. The van der Waals surface area contributed by atoms with Crippen LogP contribution in [0, 0.1) is 11.8 Å². The molecule has 1 unspecified atom stereocenters. The van der Waals surface area contributed by atoms with Gasteiger partial charge in [-0.25, -0.2) is 0 Å². The number of esters is 1. The second kappa shape index (κ2) is 9.70. The summed E-state index contributed by atoms with van der Waals surface area (Å²) in [5.74, 6) is 1.18. The third kappa shape index (κ3) is 4.89. The summed E-state index contributed by atoms with van der Waals surface area (Å²) in [5, 5.41) is 6.06. The van der Waals surface area contributed by atoms with Crippen molar-refractivity contribution in [3.8, 4) is 10.7 Å². The highest BCUT2D eigenvalue weighted by atomic mass is 32.1. The Hall–Kier alpha value is -2.26. The summed E-state index contributed by atoms with van der Waals surface area (Å²) in [7, 11) is 0. The smallest absolute Gasteiger partial charge is 0.309 e. The Labute approximate surface area is 180 Å². The summed E-state index contributed by atoms with van der Waals surface area (Å²) >= 11 is 1.58. The first-order chi connectivity index (χ1) is 14.6. The maximum absolute atomic E-state index is 13.0. The molecule has 2 fully saturated rings. The van der Waals surface area contributed by atoms with Crippen LogP contribution in [0.1, 0.15) is 38.5 Å². The van der Waals surface area contributed by atoms with Gasteiger partial charge in [0.2, 0.25) is 17.6 Å². The van der Waals surface area contributed by atoms with Gasteiger partial charge in [-0.2, -0.15) is 4.98 Å². The molecule has 30 heavy (non-hydrogen) atoms. The molecule has 162 valence electrons. The van der Waals surface area contributed by atoms with Gasteiger partial charge in [0, 0.05) is 19.6 Å². The predicted molar refractivity (Wildman–Crippen MR) is 112 cm³/mol. The van der Waals surface area contributed by atoms with Gasteiger partial charge in [0.1, 0.15) is 0 Å². The molecule has 1 amide bonds. The fourth-order valence-electron chi connectivity index (χ4n) is 4.27. The standard InChI is InChI=1S/C21H28N4O4S/c1-2-28-21(27)15-7-10-25(11-8-15)20(26)16-5-3-9-24(13-16)14-18-22-19(23-29-18)17-6-4-12-30-17/h4,6,12,15-16H,2-3,5,7-11,13-14H2,1H3. The molecule has 0 spiro atoms. The number of aromatic nitrogens is 2. The van der Waals surface area contributed by atoms with Gasteiger partial charge in [0.05, 0.1) is 29.9 Å². The van der Waals surface area contributed by atoms with Gasteiger partial charge in [0.25, 0.3) is 0 Å². The van der Waals surface area contributed by atoms with E-state index in [0.29, 0.717) is 57.3 Å². The third-order valence-corrected chi connectivity index (χ3v) is 6.72. The van der Waals surface area contributed by atoms with Crippen LogP contribution in [0.2, 0.25) is 0 Å². The summed E-state index contributed by atoms with van der Waals surface area (Å²) in [5.41, 5.74) is 0. The zero-order valence-corrected chi connectivity index (χ0v) is 18.1. The first-order valence-electron chi connectivity index (χ1n) is 10.7. The molecule has 0 saturated carbocycles. The van der Waals surface area contributed by atoms with Gasteiger partial charge < -0.3 is 14.2 Å². The fourth-order valence-corrected chi connectivity index (χ4v) is 4.92. The third-order valence-electron chi connectivity index (χ3n) is 5.85. The second-order valence-electron chi connectivity index (χ2n) is 7.91. The molecule has 2 aromatic heterocycles. The number of carbonyl (C=O) groups is 2. The van der Waals surface area contributed by atoms with Crippen molar-refractivity contribution in [1.82, 2.24) is 19.9 Å². The Balaban J connectivity index is 1.29. The SMILES string of the molecule is CCOC(=O)C1CCN(C(=O)C2CCCN(Cc3nc(-c4cccs4)no3)C2)CC1. The summed E-state index contributed by atoms with van der Waals surface area (Å²) in [4.78, 5) is 34.6. The average Bonchev–Trinajstić information content (AvgIpc) is 3.46. The lowest BCUT2D eigenvalue weighted by atomic mass is 9.93. The number of thiophene rings is 1. The highest BCUT2D eigenvalue weighted by Crippen LogP contribution is 2.26. The quantitative estimate of drug-likeness (QED) is 0.649. The molecular weight excluding hydrogens is 404 g/mol. The molecule has 0 bridgehead atoms. The van der Waals surface area contributed by atoms with Crippen molar-refractivity contribution in [1.29, 1.82) is 0 Å². The number of rotatable bonds is 6. The topological polar surface area (TPSA) is 88.8 Å². The second-order valence-corrected chi connectivity index (χ2v) is 8.86. The van der Waals surface area contributed by atoms with E-state index in [4.69, 9.17) is 9.26 Å². The molecule has 0 aliphatic carbocycles. The lowest BCUT2D eigenvalue weighted by molar-refractivity contribution is -0.152. The van der Waals surface area contributed by atoms with Crippen molar-refractivity contribution in [3.05, 3.63) is 23.4 Å². The van der Waals surface area contributed by atoms with E-state index in [2.05, 4.69) is 15.0 Å². The summed E-state index contributed by atoms with van der Waals surface area (Å²) in [6.07, 6.45) is 3.25. The van der Waals surface area contributed by atoms with Gasteiger partial charge >= 0.3 is 5.97 Å². The van der Waals surface area contributed by atoms with Gasteiger partial charge in [-0.15, -0.1) is 11.3 Å². The molecule has 4 heterocycles. The molecule has 0 aromatic carbocycles. The van der Waals surface area contributed by atoms with Gasteiger partial charge in [-0.1, -0.05) is 11.2 Å². The van der Waals surface area contributed by atoms with E-state index in [9.17, 15) is 9.59 Å². The first kappa shape index (κ1) is 21.0. The molecular formula is C21H28N4O4S. The maximum Gasteiger partial charge on any atom is 0.309 e. The van der Waals surface area contributed by atoms with Gasteiger partial charge in [-0.3, -0.25) is 14.5 Å². The molecule has 1 atom stereocenters. The zero-order chi connectivity index (χ0) is 20.9. The van der Waals surface area contributed by atoms with E-state index in [1.807, 2.05) is 29.3 Å². The van der Waals surface area contributed by atoms with E-state index in [-0.39, 0.29) is 23.7 Å². The van der Waals surface area contributed by atoms with Crippen LogP contribution < -0.4 is 0 Å². The van der Waals surface area contributed by atoms with Crippen molar-refractivity contribution in [3.63, 3.8) is 0 Å². The molecule has 0 radical (unpaired) electrons. The Kier molecular flexibility index (Phi) is 6.79. The minimum atomic E-state index is -0.130. The Morgan fingerprint density at radius 1 is 1.23 bits per heavy atom. The molecule has 4 rings (SSSR count). The van der Waals surface area contributed by atoms with E-state index < -0.39 is 0 Å². The van der Waals surface area contributed by atoms with Crippen LogP contribution in [0.25, 0.3) is 10.7 Å². The number of likely N-dealkylation sites (tertiary alicyclic amines) is 2. The first-order valence-corrected chi connectivity index (χ1v) is 11.6. The molecule has 8 nitrogen and oxygen atoms in total. The predicted octanol–water partition coefficient (Wildman–Crippen LogP) is 2.81. The number of piperidine rings is 2. The highest BCUT2D eigenvalue weighted by molar-refractivity contribution is 7.13. The maximum atomic E-state index is 13.0. The van der Waals surface area contributed by atoms with Crippen LogP contribution in [-0.2, 0) is 20.9 Å². The van der Waals surface area contributed by atoms with Crippen LogP contribution >= 0.6 is 11.3 Å². The number of hydrogen-bond donors (Lipinski definition) is 0. The monoisotopic (exact) mass is 432 g/mol. The van der Waals surface area contributed by atoms with Crippen molar-refractivity contribution >= 4 is 23.2 Å². The summed E-state index contributed by atoms with van der Waals surface area (Å²) in [6.45, 7) is 5.68. The molecule has 2 aliphatic heterocycles. The average molecular weight is 433 g/mol. The summed E-state index contributed by atoms with van der Waals surface area (Å²) in [6, 6.07) is 3.94. The van der Waals surface area contributed by atoms with E-state index in [1.54, 1.807) is 11.3 Å². The van der Waals surface area contributed by atoms with Crippen molar-refractivity contribution < 1.29 is 18.8 Å². The van der Waals surface area contributed by atoms with Crippen molar-refractivity contribution in [2.24, 2.45) is 11.8 Å². The lowest BCUT2D eigenvalue weighted by Gasteiger charge is -2.37. The molecule has 9 heteroatoms. The molecule has 2 saturated heterocycles. The largest absolute Gasteiger partial charge is 0.466 e. The number of ether oxygens (including phenoxy) is 1. The van der Waals surface area contributed by atoms with Crippen molar-refractivity contribution in [2.75, 3.05) is 32.8 Å². The van der Waals surface area contributed by atoms with Crippen LogP contribution in [0.5, 0.6) is 0 Å². The Morgan fingerprint density at radius 3 is 2.80 bits per heavy atom. The summed E-state index contributed by atoms with van der Waals surface area (Å²) < 4.78 is 10.5. The van der Waals surface area contributed by atoms with E-state index >= 15 is 0 Å². The zero-order valence-electron chi connectivity index (χ0n) is 17.3. The minimum absolute atomic E-state index is 0.0161. The molecule has 2 aromatic rings. The fraction of sp³-hybridized carbons (Fsp3) is 0.619. The van der Waals surface area contributed by atoms with Crippen LogP contribution in [0.15, 0.2) is 22.0 Å². The van der Waals surface area contributed by atoms with Crippen molar-refractivity contribution in [2.45, 2.75) is 39.2 Å². The van der Waals surface area contributed by atoms with Crippen LogP contribution in [-0.4, -0.2) is 64.6 Å². The van der Waals surface area contributed by atoms with E-state index in [1.165, 1.54) is 0 Å². The normalized spacial score (nSPS) is 21.0. The van der Waals surface area contributed by atoms with Crippen LogP contribution in [0.3, 0.4) is 0 Å². The minimum Gasteiger partial charge on any atom is -0.466 e. The highest BCUT2D eigenvalue weighted by Gasteiger charge is 2.33. The van der Waals surface area contributed by atoms with Gasteiger partial charge in [0.15, 0.2) is 0 Å². The van der Waals surface area contributed by atoms with Crippen LogP contribution in [0.4, 0.5) is 0 Å². The Morgan fingerprint density at radius 2 is 2.07 bits per heavy atom. The van der Waals surface area contributed by atoms with E-state index in [0.717, 1.165) is 24.3 Å².